The Balaban J connectivity index is 2.01. The number of benzene rings is 1. The molecule has 19 heavy (non-hydrogen) atoms. The molecule has 0 fully saturated rings. The molecule has 0 atom stereocenters. The maximum absolute atomic E-state index is 4.41. The van der Waals surface area contributed by atoms with E-state index in [0.29, 0.717) is 0 Å². The Morgan fingerprint density at radius 1 is 1.16 bits per heavy atom. The van der Waals surface area contributed by atoms with E-state index < -0.39 is 0 Å². The Morgan fingerprint density at radius 3 is 2.68 bits per heavy atom. The van der Waals surface area contributed by atoms with Gasteiger partial charge in [-0.1, -0.05) is 24.3 Å². The third-order valence-corrected chi connectivity index (χ3v) is 3.24. The van der Waals surface area contributed by atoms with E-state index in [0.717, 1.165) is 24.5 Å². The molecule has 1 N–H and O–H groups in total. The third-order valence-electron chi connectivity index (χ3n) is 3.24. The Bertz CT molecular complexity index is 537. The van der Waals surface area contributed by atoms with Crippen LogP contribution in [0, 0.1) is 6.92 Å². The van der Waals surface area contributed by atoms with Gasteiger partial charge >= 0.3 is 0 Å². The van der Waals surface area contributed by atoms with E-state index in [1.807, 2.05) is 19.3 Å². The summed E-state index contributed by atoms with van der Waals surface area (Å²) in [7, 11) is 4.05. The van der Waals surface area contributed by atoms with Gasteiger partial charge in [-0.05, 0) is 37.2 Å². The van der Waals surface area contributed by atoms with Crippen molar-refractivity contribution in [3.63, 3.8) is 0 Å². The number of hydrogen-bond acceptors (Lipinski definition) is 3. The Hall–Kier alpha value is -1.87. The smallest absolute Gasteiger partial charge is 0.0564 e. The van der Waals surface area contributed by atoms with Gasteiger partial charge in [0.15, 0.2) is 0 Å². The Morgan fingerprint density at radius 2 is 1.95 bits per heavy atom. The topological polar surface area (TPSA) is 28.2 Å². The van der Waals surface area contributed by atoms with Gasteiger partial charge in [0.25, 0.3) is 0 Å². The van der Waals surface area contributed by atoms with Gasteiger partial charge < -0.3 is 5.32 Å². The van der Waals surface area contributed by atoms with Gasteiger partial charge in [-0.15, -0.1) is 0 Å². The minimum Gasteiger partial charge on any atom is -0.388 e. The van der Waals surface area contributed by atoms with Crippen LogP contribution in [-0.2, 0) is 13.1 Å². The molecule has 0 amide bonds. The Labute approximate surface area is 115 Å². The molecule has 0 aliphatic carbocycles. The molecule has 2 aromatic rings. The zero-order valence-electron chi connectivity index (χ0n) is 11.9. The number of hydrogen-bond donors (Lipinski definition) is 1. The largest absolute Gasteiger partial charge is 0.388 e. The van der Waals surface area contributed by atoms with Gasteiger partial charge in [-0.25, -0.2) is 0 Å². The van der Waals surface area contributed by atoms with Crippen LogP contribution >= 0.6 is 0 Å². The minimum absolute atomic E-state index is 0.851. The molecule has 3 heteroatoms. The zero-order valence-corrected chi connectivity index (χ0v) is 11.9. The molecule has 0 saturated heterocycles. The van der Waals surface area contributed by atoms with Gasteiger partial charge in [0.05, 0.1) is 5.69 Å². The lowest BCUT2D eigenvalue weighted by Gasteiger charge is -2.18. The lowest BCUT2D eigenvalue weighted by atomic mass is 10.1. The molecule has 3 nitrogen and oxygen atoms in total. The highest BCUT2D eigenvalue weighted by atomic mass is 15.1. The molecule has 0 bridgehead atoms. The van der Waals surface area contributed by atoms with Crippen molar-refractivity contribution in [1.82, 2.24) is 9.88 Å². The van der Waals surface area contributed by atoms with E-state index in [4.69, 9.17) is 0 Å². The summed E-state index contributed by atoms with van der Waals surface area (Å²) in [4.78, 5) is 6.69. The van der Waals surface area contributed by atoms with E-state index in [1.54, 1.807) is 0 Å². The van der Waals surface area contributed by atoms with E-state index in [1.165, 1.54) is 11.1 Å². The van der Waals surface area contributed by atoms with Crippen molar-refractivity contribution in [3.05, 3.63) is 59.4 Å². The van der Waals surface area contributed by atoms with Crippen molar-refractivity contribution in [3.8, 4) is 0 Å². The van der Waals surface area contributed by atoms with E-state index in [9.17, 15) is 0 Å². The van der Waals surface area contributed by atoms with Crippen LogP contribution in [0.25, 0.3) is 0 Å². The summed E-state index contributed by atoms with van der Waals surface area (Å²) in [6, 6.07) is 12.6. The molecule has 1 heterocycles. The van der Waals surface area contributed by atoms with Crippen molar-refractivity contribution < 1.29 is 0 Å². The van der Waals surface area contributed by atoms with Crippen molar-refractivity contribution in [2.45, 2.75) is 20.0 Å². The summed E-state index contributed by atoms with van der Waals surface area (Å²) in [5.74, 6) is 0. The first kappa shape index (κ1) is 13.6. The van der Waals surface area contributed by atoms with Gasteiger partial charge in [0, 0.05) is 32.0 Å². The lowest BCUT2D eigenvalue weighted by Crippen LogP contribution is -2.18. The quantitative estimate of drug-likeness (QED) is 0.890. The Kier molecular flexibility index (Phi) is 4.53. The van der Waals surface area contributed by atoms with Gasteiger partial charge in [-0.3, -0.25) is 9.88 Å². The second-order valence-corrected chi connectivity index (χ2v) is 4.88. The average molecular weight is 255 g/mol. The predicted molar refractivity (Wildman–Crippen MR) is 80.1 cm³/mol. The fourth-order valence-electron chi connectivity index (χ4n) is 2.13. The van der Waals surface area contributed by atoms with Gasteiger partial charge in [0.2, 0.25) is 0 Å². The SMILES string of the molecule is CNc1ccnc(CN(C)Cc2ccccc2C)c1. The number of rotatable bonds is 5. The number of anilines is 1. The van der Waals surface area contributed by atoms with Crippen LogP contribution in [0.1, 0.15) is 16.8 Å². The second kappa shape index (κ2) is 6.34. The van der Waals surface area contributed by atoms with Crippen LogP contribution in [0.15, 0.2) is 42.6 Å². The van der Waals surface area contributed by atoms with E-state index >= 15 is 0 Å². The molecular weight excluding hydrogens is 234 g/mol. The third kappa shape index (κ3) is 3.80. The predicted octanol–water partition coefficient (Wildman–Crippen LogP) is 3.06. The molecule has 100 valence electrons. The van der Waals surface area contributed by atoms with Crippen LogP contribution in [0.4, 0.5) is 5.69 Å². The number of nitrogens with one attached hydrogen (secondary N) is 1. The molecule has 2 rings (SSSR count). The number of aromatic nitrogens is 1. The van der Waals surface area contributed by atoms with E-state index in [-0.39, 0.29) is 0 Å². The summed E-state index contributed by atoms with van der Waals surface area (Å²) in [6.45, 7) is 3.95. The molecule has 0 radical (unpaired) electrons. The lowest BCUT2D eigenvalue weighted by molar-refractivity contribution is 0.314. The first-order valence-corrected chi connectivity index (χ1v) is 6.55. The summed E-state index contributed by atoms with van der Waals surface area (Å²) < 4.78 is 0. The maximum atomic E-state index is 4.41. The first-order chi connectivity index (χ1) is 9.19. The number of pyridine rings is 1. The van der Waals surface area contributed by atoms with Gasteiger partial charge in [-0.2, -0.15) is 0 Å². The van der Waals surface area contributed by atoms with E-state index in [2.05, 4.69) is 59.5 Å². The van der Waals surface area contributed by atoms with Crippen LogP contribution in [0.5, 0.6) is 0 Å². The summed E-state index contributed by atoms with van der Waals surface area (Å²) in [5.41, 5.74) is 4.90. The fraction of sp³-hybridized carbons (Fsp3) is 0.312. The first-order valence-electron chi connectivity index (χ1n) is 6.55. The normalized spacial score (nSPS) is 10.7. The molecule has 1 aromatic carbocycles. The van der Waals surface area contributed by atoms with Crippen molar-refractivity contribution in [2.24, 2.45) is 0 Å². The van der Waals surface area contributed by atoms with Crippen molar-refractivity contribution >= 4 is 5.69 Å². The van der Waals surface area contributed by atoms with Crippen LogP contribution in [0.2, 0.25) is 0 Å². The summed E-state index contributed by atoms with van der Waals surface area (Å²) in [5, 5.41) is 3.14. The molecule has 0 saturated carbocycles. The molecule has 1 aromatic heterocycles. The monoisotopic (exact) mass is 255 g/mol. The highest BCUT2D eigenvalue weighted by Crippen LogP contribution is 2.13. The number of aryl methyl sites for hydroxylation is 1. The average Bonchev–Trinajstić information content (AvgIpc) is 2.41. The maximum Gasteiger partial charge on any atom is 0.0564 e. The minimum atomic E-state index is 0.851. The summed E-state index contributed by atoms with van der Waals surface area (Å²) >= 11 is 0. The molecular formula is C16H21N3. The molecule has 0 aliphatic rings. The zero-order chi connectivity index (χ0) is 13.7. The van der Waals surface area contributed by atoms with Gasteiger partial charge in [0.1, 0.15) is 0 Å². The molecule has 0 spiro atoms. The molecule has 0 unspecified atom stereocenters. The number of nitrogens with zero attached hydrogens (tertiary/aromatic N) is 2. The van der Waals surface area contributed by atoms with Crippen LogP contribution < -0.4 is 5.32 Å². The molecule has 0 aliphatic heterocycles. The highest BCUT2D eigenvalue weighted by Gasteiger charge is 2.05. The van der Waals surface area contributed by atoms with Crippen LogP contribution in [0.3, 0.4) is 0 Å². The van der Waals surface area contributed by atoms with Crippen molar-refractivity contribution in [2.75, 3.05) is 19.4 Å². The van der Waals surface area contributed by atoms with Crippen molar-refractivity contribution in [1.29, 1.82) is 0 Å². The summed E-state index contributed by atoms with van der Waals surface area (Å²) in [6.07, 6.45) is 1.85. The van der Waals surface area contributed by atoms with Crippen LogP contribution in [-0.4, -0.2) is 24.0 Å². The highest BCUT2D eigenvalue weighted by molar-refractivity contribution is 5.42. The second-order valence-electron chi connectivity index (χ2n) is 4.88. The standard InChI is InChI=1S/C16H21N3/c1-13-6-4-5-7-14(13)11-19(3)12-16-10-15(17-2)8-9-18-16/h4-10H,11-12H2,1-3H3,(H,17,18). The fourth-order valence-corrected chi connectivity index (χ4v) is 2.13.